The highest BCUT2D eigenvalue weighted by molar-refractivity contribution is 6.06. The molecule has 0 aliphatic rings. The first-order chi connectivity index (χ1) is 7.58. The molecule has 0 spiro atoms. The molecule has 0 heterocycles. The van der Waals surface area contributed by atoms with E-state index in [1.54, 1.807) is 25.2 Å². The van der Waals surface area contributed by atoms with Crippen molar-refractivity contribution in [3.8, 4) is 0 Å². The molecule has 0 amide bonds. The van der Waals surface area contributed by atoms with Crippen LogP contribution >= 0.6 is 0 Å². The van der Waals surface area contributed by atoms with Crippen LogP contribution in [0.5, 0.6) is 0 Å². The van der Waals surface area contributed by atoms with Crippen LogP contribution in [-0.2, 0) is 14.3 Å². The Labute approximate surface area is 96.5 Å². The topological polar surface area (TPSA) is 43.4 Å². The monoisotopic (exact) mass is 222 g/mol. The summed E-state index contributed by atoms with van der Waals surface area (Å²) in [6, 6.07) is 0. The predicted molar refractivity (Wildman–Crippen MR) is 64.0 cm³/mol. The maximum atomic E-state index is 11.5. The molecule has 88 valence electrons. The Balaban J connectivity index is 5.52. The highest BCUT2D eigenvalue weighted by Crippen LogP contribution is 2.12. The molecule has 0 N–H and O–H groups in total. The maximum absolute atomic E-state index is 11.5. The van der Waals surface area contributed by atoms with E-state index < -0.39 is 5.97 Å². The van der Waals surface area contributed by atoms with Crippen LogP contribution in [0.2, 0.25) is 0 Å². The highest BCUT2D eigenvalue weighted by Gasteiger charge is 2.14. The summed E-state index contributed by atoms with van der Waals surface area (Å²) < 4.78 is 4.64. The van der Waals surface area contributed by atoms with Crippen LogP contribution in [0.3, 0.4) is 0 Å². The first-order valence-corrected chi connectivity index (χ1v) is 5.21. The van der Waals surface area contributed by atoms with Gasteiger partial charge in [0.1, 0.15) is 0 Å². The Bertz CT molecular complexity index is 346. The molecular weight excluding hydrogens is 204 g/mol. The lowest BCUT2D eigenvalue weighted by Crippen LogP contribution is -2.09. The second-order valence-corrected chi connectivity index (χ2v) is 3.19. The first kappa shape index (κ1) is 14.4. The zero-order valence-corrected chi connectivity index (χ0v) is 10.2. The van der Waals surface area contributed by atoms with Crippen molar-refractivity contribution < 1.29 is 14.3 Å². The van der Waals surface area contributed by atoms with Crippen LogP contribution in [0, 0.1) is 0 Å². The Morgan fingerprint density at radius 2 is 1.81 bits per heavy atom. The Kier molecular flexibility index (Phi) is 6.84. The number of carbonyl (C=O) groups is 2. The van der Waals surface area contributed by atoms with Gasteiger partial charge in [-0.05, 0) is 20.3 Å². The summed E-state index contributed by atoms with van der Waals surface area (Å²) in [5, 5.41) is 0. The van der Waals surface area contributed by atoms with Gasteiger partial charge in [0.15, 0.2) is 5.78 Å². The van der Waals surface area contributed by atoms with Gasteiger partial charge in [-0.25, -0.2) is 4.79 Å². The van der Waals surface area contributed by atoms with Crippen molar-refractivity contribution in [3.63, 3.8) is 0 Å². The smallest absolute Gasteiger partial charge is 0.338 e. The van der Waals surface area contributed by atoms with Gasteiger partial charge in [0.25, 0.3) is 0 Å². The van der Waals surface area contributed by atoms with Crippen LogP contribution < -0.4 is 0 Å². The third-order valence-corrected chi connectivity index (χ3v) is 1.93. The number of ether oxygens (including phenoxy) is 1. The summed E-state index contributed by atoms with van der Waals surface area (Å²) in [5.74, 6) is -0.646. The molecule has 0 rings (SSSR count). The van der Waals surface area contributed by atoms with Crippen LogP contribution in [-0.4, -0.2) is 18.9 Å². The summed E-state index contributed by atoms with van der Waals surface area (Å²) in [6.07, 6.45) is 7.59. The molecule has 3 nitrogen and oxygen atoms in total. The first-order valence-electron chi connectivity index (χ1n) is 5.21. The third-order valence-electron chi connectivity index (χ3n) is 1.93. The minimum absolute atomic E-state index is 0.150. The van der Waals surface area contributed by atoms with Crippen LogP contribution in [0.25, 0.3) is 0 Å². The number of esters is 1. The Hall–Kier alpha value is -1.64. The van der Waals surface area contributed by atoms with Gasteiger partial charge in [0.05, 0.1) is 12.7 Å². The largest absolute Gasteiger partial charge is 0.465 e. The molecule has 16 heavy (non-hydrogen) atoms. The van der Waals surface area contributed by atoms with Gasteiger partial charge >= 0.3 is 5.97 Å². The van der Waals surface area contributed by atoms with E-state index in [0.29, 0.717) is 11.1 Å². The second kappa shape index (κ2) is 7.63. The quantitative estimate of drug-likeness (QED) is 0.408. The summed E-state index contributed by atoms with van der Waals surface area (Å²) >= 11 is 0. The van der Waals surface area contributed by atoms with Crippen molar-refractivity contribution in [3.05, 3.63) is 35.5 Å². The zero-order chi connectivity index (χ0) is 12.6. The van der Waals surface area contributed by atoms with Crippen molar-refractivity contribution in [1.29, 1.82) is 0 Å². The van der Waals surface area contributed by atoms with E-state index in [4.69, 9.17) is 0 Å². The van der Waals surface area contributed by atoms with E-state index in [1.165, 1.54) is 14.0 Å². The lowest BCUT2D eigenvalue weighted by Gasteiger charge is -2.04. The number of Topliss-reactive ketones (excluding diaryl/α,β-unsaturated/α-hetero) is 1. The number of methoxy groups -OCH3 is 1. The molecule has 0 aromatic carbocycles. The minimum atomic E-state index is -0.496. The molecular formula is C13H18O3. The van der Waals surface area contributed by atoms with Gasteiger partial charge in [-0.3, -0.25) is 4.79 Å². The van der Waals surface area contributed by atoms with Crippen molar-refractivity contribution >= 4 is 11.8 Å². The molecule has 0 bridgehead atoms. The van der Waals surface area contributed by atoms with E-state index in [9.17, 15) is 9.59 Å². The number of ketones is 1. The minimum Gasteiger partial charge on any atom is -0.465 e. The van der Waals surface area contributed by atoms with Gasteiger partial charge < -0.3 is 4.74 Å². The fraction of sp³-hybridized carbons (Fsp3) is 0.385. The second-order valence-electron chi connectivity index (χ2n) is 3.19. The summed E-state index contributed by atoms with van der Waals surface area (Å²) in [7, 11) is 1.30. The van der Waals surface area contributed by atoms with Gasteiger partial charge in [-0.15, -0.1) is 0 Å². The van der Waals surface area contributed by atoms with Gasteiger partial charge in [0, 0.05) is 5.57 Å². The molecule has 0 radical (unpaired) electrons. The number of hydrogen-bond donors (Lipinski definition) is 0. The summed E-state index contributed by atoms with van der Waals surface area (Å²) in [6.45, 7) is 5.17. The SMILES string of the molecule is C\C=C/C(C(=O)OC)=C(\C=C\CC)C(C)=O. The lowest BCUT2D eigenvalue weighted by atomic mass is 10.0. The van der Waals surface area contributed by atoms with E-state index in [0.717, 1.165) is 6.42 Å². The van der Waals surface area contributed by atoms with Crippen LogP contribution in [0.15, 0.2) is 35.5 Å². The Morgan fingerprint density at radius 1 is 1.19 bits per heavy atom. The lowest BCUT2D eigenvalue weighted by molar-refractivity contribution is -0.136. The van der Waals surface area contributed by atoms with Crippen molar-refractivity contribution in [1.82, 2.24) is 0 Å². The van der Waals surface area contributed by atoms with Gasteiger partial charge in [-0.1, -0.05) is 31.2 Å². The molecule has 0 aliphatic carbocycles. The molecule has 0 fully saturated rings. The van der Waals surface area contributed by atoms with E-state index >= 15 is 0 Å². The number of carbonyl (C=O) groups excluding carboxylic acids is 2. The van der Waals surface area contributed by atoms with E-state index in [-0.39, 0.29) is 5.78 Å². The van der Waals surface area contributed by atoms with Gasteiger partial charge in [0.2, 0.25) is 0 Å². The third kappa shape index (κ3) is 4.26. The summed E-state index contributed by atoms with van der Waals surface area (Å²) in [5.41, 5.74) is 0.675. The van der Waals surface area contributed by atoms with Crippen LogP contribution in [0.4, 0.5) is 0 Å². The van der Waals surface area contributed by atoms with E-state index in [2.05, 4.69) is 4.74 Å². The highest BCUT2D eigenvalue weighted by atomic mass is 16.5. The average Bonchev–Trinajstić information content (AvgIpc) is 2.26. The molecule has 0 aromatic heterocycles. The summed E-state index contributed by atoms with van der Waals surface area (Å²) in [4.78, 5) is 22.9. The van der Waals surface area contributed by atoms with Crippen molar-refractivity contribution in [2.45, 2.75) is 27.2 Å². The van der Waals surface area contributed by atoms with Crippen LogP contribution in [0.1, 0.15) is 27.2 Å². The predicted octanol–water partition coefficient (Wildman–Crippen LogP) is 2.59. The Morgan fingerprint density at radius 3 is 2.19 bits per heavy atom. The van der Waals surface area contributed by atoms with Gasteiger partial charge in [-0.2, -0.15) is 0 Å². The molecule has 0 saturated heterocycles. The number of allylic oxidation sites excluding steroid dienone is 4. The average molecular weight is 222 g/mol. The normalized spacial score (nSPS) is 13.0. The standard InChI is InChI=1S/C13H18O3/c1-5-7-9-11(10(3)14)12(8-6-2)13(15)16-4/h6-9H,5H2,1-4H3/b8-6-,9-7+,12-11-. The molecule has 3 heteroatoms. The maximum Gasteiger partial charge on any atom is 0.338 e. The van der Waals surface area contributed by atoms with Crippen molar-refractivity contribution in [2.75, 3.05) is 7.11 Å². The van der Waals surface area contributed by atoms with E-state index in [1.807, 2.05) is 13.0 Å². The number of hydrogen-bond acceptors (Lipinski definition) is 3. The molecule has 0 aromatic rings. The fourth-order valence-electron chi connectivity index (χ4n) is 1.18. The molecule has 0 aliphatic heterocycles. The van der Waals surface area contributed by atoms with Crippen molar-refractivity contribution in [2.24, 2.45) is 0 Å². The zero-order valence-electron chi connectivity index (χ0n) is 10.2. The molecule has 0 atom stereocenters. The molecule has 0 unspecified atom stereocenters. The molecule has 0 saturated carbocycles. The number of rotatable bonds is 5. The fourth-order valence-corrected chi connectivity index (χ4v) is 1.18.